The van der Waals surface area contributed by atoms with Crippen molar-refractivity contribution in [3.63, 3.8) is 0 Å². The number of fused-ring (bicyclic) bond motifs is 2. The number of likely N-dealkylation sites (tertiary alicyclic amines) is 1. The Bertz CT molecular complexity index is 1620. The average molecular weight is 588 g/mol. The van der Waals surface area contributed by atoms with Gasteiger partial charge in [-0.2, -0.15) is 0 Å². The molecule has 3 heterocycles. The lowest BCUT2D eigenvalue weighted by atomic mass is 10.2. The number of rotatable bonds is 6. The van der Waals surface area contributed by atoms with Crippen LogP contribution in [0.5, 0.6) is 17.2 Å². The zero-order chi connectivity index (χ0) is 27.3. The molecule has 200 valence electrons. The number of ether oxygens (including phenoxy) is 3. The van der Waals surface area contributed by atoms with Crippen LogP contribution >= 0.6 is 34.8 Å². The lowest BCUT2D eigenvalue weighted by Gasteiger charge is -2.22. The molecule has 39 heavy (non-hydrogen) atoms. The van der Waals surface area contributed by atoms with E-state index in [2.05, 4.69) is 0 Å². The van der Waals surface area contributed by atoms with Gasteiger partial charge in [-0.15, -0.1) is 0 Å². The number of carboxylic acid groups (broad SMARTS) is 1. The van der Waals surface area contributed by atoms with Gasteiger partial charge in [0.05, 0.1) is 16.2 Å². The fourth-order valence-electron chi connectivity index (χ4n) is 5.02. The summed E-state index contributed by atoms with van der Waals surface area (Å²) in [5, 5.41) is 11.7. The molecular weight excluding hydrogens is 567 g/mol. The van der Waals surface area contributed by atoms with Crippen LogP contribution in [0.1, 0.15) is 28.9 Å². The summed E-state index contributed by atoms with van der Waals surface area (Å²) >= 11 is 19.2. The quantitative estimate of drug-likeness (QED) is 0.274. The maximum atomic E-state index is 13.8. The normalized spacial score (nSPS) is 16.2. The third-order valence-electron chi connectivity index (χ3n) is 6.92. The molecule has 11 heteroatoms. The van der Waals surface area contributed by atoms with E-state index in [0.717, 1.165) is 0 Å². The monoisotopic (exact) mass is 586 g/mol. The third kappa shape index (κ3) is 4.62. The van der Waals surface area contributed by atoms with Crippen LogP contribution in [0.25, 0.3) is 16.6 Å². The van der Waals surface area contributed by atoms with Crippen LogP contribution < -0.4 is 14.2 Å². The van der Waals surface area contributed by atoms with Crippen LogP contribution in [0, 0.1) is 0 Å². The smallest absolute Gasteiger partial charge is 0.326 e. The first-order chi connectivity index (χ1) is 18.8. The van der Waals surface area contributed by atoms with Crippen LogP contribution in [0.4, 0.5) is 0 Å². The van der Waals surface area contributed by atoms with Crippen LogP contribution in [0.15, 0.2) is 54.6 Å². The van der Waals surface area contributed by atoms with E-state index in [0.29, 0.717) is 73.9 Å². The van der Waals surface area contributed by atoms with E-state index in [1.54, 1.807) is 53.1 Å². The Balaban J connectivity index is 1.44. The molecule has 0 aliphatic carbocycles. The van der Waals surface area contributed by atoms with Gasteiger partial charge < -0.3 is 28.8 Å². The Morgan fingerprint density at radius 2 is 1.72 bits per heavy atom. The second-order valence-corrected chi connectivity index (χ2v) is 10.4. The number of halogens is 3. The third-order valence-corrected chi connectivity index (χ3v) is 7.93. The second kappa shape index (κ2) is 10.2. The molecule has 4 aromatic rings. The lowest BCUT2D eigenvalue weighted by Crippen LogP contribution is -2.41. The van der Waals surface area contributed by atoms with Gasteiger partial charge in [-0.05, 0) is 49.2 Å². The molecule has 8 nitrogen and oxygen atoms in total. The van der Waals surface area contributed by atoms with Crippen LogP contribution in [0.2, 0.25) is 15.1 Å². The number of carboxylic acids is 1. The van der Waals surface area contributed by atoms with E-state index in [1.807, 2.05) is 6.07 Å². The molecule has 1 aromatic heterocycles. The molecule has 0 radical (unpaired) electrons. The molecule has 1 fully saturated rings. The number of carbonyl (C=O) groups excluding carboxylic acids is 1. The van der Waals surface area contributed by atoms with E-state index in [9.17, 15) is 14.7 Å². The van der Waals surface area contributed by atoms with Crippen LogP contribution in [-0.2, 0) is 11.4 Å². The van der Waals surface area contributed by atoms with Gasteiger partial charge in [-0.25, -0.2) is 4.79 Å². The van der Waals surface area contributed by atoms with E-state index in [1.165, 1.54) is 4.90 Å². The van der Waals surface area contributed by atoms with Crippen LogP contribution in [0.3, 0.4) is 0 Å². The minimum atomic E-state index is -1.03. The molecule has 3 aromatic carbocycles. The Labute approximate surface area is 238 Å². The van der Waals surface area contributed by atoms with Crippen molar-refractivity contribution in [2.75, 3.05) is 13.3 Å². The molecule has 0 bridgehead atoms. The molecule has 1 saturated heterocycles. The first-order valence-electron chi connectivity index (χ1n) is 12.2. The molecule has 1 atom stereocenters. The number of aromatic nitrogens is 1. The van der Waals surface area contributed by atoms with E-state index in [4.69, 9.17) is 49.0 Å². The highest BCUT2D eigenvalue weighted by atomic mass is 35.5. The molecule has 1 N–H and O–H groups in total. The van der Waals surface area contributed by atoms with Crippen molar-refractivity contribution in [1.82, 2.24) is 9.47 Å². The maximum absolute atomic E-state index is 13.8. The fourth-order valence-corrected chi connectivity index (χ4v) is 5.76. The van der Waals surface area contributed by atoms with Gasteiger partial charge in [0.2, 0.25) is 6.79 Å². The maximum Gasteiger partial charge on any atom is 0.326 e. The number of carbonyl (C=O) groups is 2. The minimum absolute atomic E-state index is 0.0670. The van der Waals surface area contributed by atoms with Crippen molar-refractivity contribution >= 4 is 57.6 Å². The highest BCUT2D eigenvalue weighted by Crippen LogP contribution is 2.41. The highest BCUT2D eigenvalue weighted by Gasteiger charge is 2.36. The largest absolute Gasteiger partial charge is 0.489 e. The summed E-state index contributed by atoms with van der Waals surface area (Å²) in [5.74, 6) is 0.105. The molecule has 2 aliphatic heterocycles. The van der Waals surface area contributed by atoms with Crippen molar-refractivity contribution in [3.8, 4) is 22.9 Å². The van der Waals surface area contributed by atoms with Gasteiger partial charge in [0.15, 0.2) is 11.5 Å². The molecular formula is C28H21Cl3N2O6. The first-order valence-corrected chi connectivity index (χ1v) is 13.3. The molecule has 0 saturated carbocycles. The Morgan fingerprint density at radius 3 is 2.46 bits per heavy atom. The molecule has 1 amide bonds. The number of amides is 1. The van der Waals surface area contributed by atoms with Gasteiger partial charge in [0, 0.05) is 39.7 Å². The standard InChI is InChI=1S/C28H21Cl3N2O6/c29-18-3-1-4-19(30)17(18)13-37-16-6-7-21-15(9-16)10-24(27(34)32-8-2-5-22(32)28(35)36)33(21)23-12-26-25(11-20(23)31)38-14-39-26/h1,3-4,6-7,9-12,22H,2,5,8,13-14H2,(H,35,36)/t22-/m0/s1. The summed E-state index contributed by atoms with van der Waals surface area (Å²) in [4.78, 5) is 27.1. The Kier molecular flexibility index (Phi) is 6.71. The van der Waals surface area contributed by atoms with Crippen molar-refractivity contribution < 1.29 is 28.9 Å². The van der Waals surface area contributed by atoms with Crippen molar-refractivity contribution in [2.24, 2.45) is 0 Å². The topological polar surface area (TPSA) is 90.2 Å². The molecule has 0 spiro atoms. The fraction of sp³-hybridized carbons (Fsp3) is 0.214. The number of aliphatic carboxylic acids is 1. The minimum Gasteiger partial charge on any atom is -0.489 e. The lowest BCUT2D eigenvalue weighted by molar-refractivity contribution is -0.141. The van der Waals surface area contributed by atoms with Crippen molar-refractivity contribution in [1.29, 1.82) is 0 Å². The molecule has 6 rings (SSSR count). The summed E-state index contributed by atoms with van der Waals surface area (Å²) < 4.78 is 18.7. The zero-order valence-electron chi connectivity index (χ0n) is 20.3. The molecule has 0 unspecified atom stereocenters. The second-order valence-electron chi connectivity index (χ2n) is 9.23. The van der Waals surface area contributed by atoms with Crippen molar-refractivity contribution in [2.45, 2.75) is 25.5 Å². The number of hydrogen-bond donors (Lipinski definition) is 1. The highest BCUT2D eigenvalue weighted by molar-refractivity contribution is 6.36. The zero-order valence-corrected chi connectivity index (χ0v) is 22.6. The summed E-state index contributed by atoms with van der Waals surface area (Å²) in [5.41, 5.74) is 2.11. The summed E-state index contributed by atoms with van der Waals surface area (Å²) in [7, 11) is 0. The summed E-state index contributed by atoms with van der Waals surface area (Å²) in [6.45, 7) is 0.565. The predicted molar refractivity (Wildman–Crippen MR) is 147 cm³/mol. The number of nitrogens with zero attached hydrogens (tertiary/aromatic N) is 2. The number of benzene rings is 3. The molecule has 2 aliphatic rings. The predicted octanol–water partition coefficient (Wildman–Crippen LogP) is 6.59. The van der Waals surface area contributed by atoms with Gasteiger partial charge in [-0.3, -0.25) is 4.79 Å². The van der Waals surface area contributed by atoms with Crippen LogP contribution in [-0.4, -0.2) is 45.8 Å². The van der Waals surface area contributed by atoms with Gasteiger partial charge in [-0.1, -0.05) is 40.9 Å². The van der Waals surface area contributed by atoms with E-state index in [-0.39, 0.29) is 19.1 Å². The van der Waals surface area contributed by atoms with Gasteiger partial charge in [0.1, 0.15) is 24.1 Å². The Morgan fingerprint density at radius 1 is 0.974 bits per heavy atom. The average Bonchev–Trinajstić information content (AvgIpc) is 3.65. The van der Waals surface area contributed by atoms with Gasteiger partial charge in [0.25, 0.3) is 5.91 Å². The van der Waals surface area contributed by atoms with Crippen molar-refractivity contribution in [3.05, 3.63) is 80.9 Å². The van der Waals surface area contributed by atoms with E-state index >= 15 is 0 Å². The Hall–Kier alpha value is -3.59. The number of hydrogen-bond acceptors (Lipinski definition) is 5. The van der Waals surface area contributed by atoms with Gasteiger partial charge >= 0.3 is 5.97 Å². The summed E-state index contributed by atoms with van der Waals surface area (Å²) in [6, 6.07) is 14.8. The van der Waals surface area contributed by atoms with E-state index < -0.39 is 17.9 Å². The summed E-state index contributed by atoms with van der Waals surface area (Å²) in [6.07, 6.45) is 1.00. The SMILES string of the molecule is O=C(O)[C@@H]1CCCN1C(=O)c1cc2cc(OCc3c(Cl)cccc3Cl)ccc2n1-c1cc2c(cc1Cl)OCO2. The first kappa shape index (κ1) is 25.7.